The molecule has 3 aromatic rings. The van der Waals surface area contributed by atoms with Crippen LogP contribution < -0.4 is 5.32 Å². The molecule has 10 heteroatoms. The summed E-state index contributed by atoms with van der Waals surface area (Å²) < 4.78 is 6.97. The summed E-state index contributed by atoms with van der Waals surface area (Å²) in [6, 6.07) is 7.04. The number of urea groups is 1. The highest BCUT2D eigenvalue weighted by Gasteiger charge is 2.29. The Morgan fingerprint density at radius 3 is 2.89 bits per heavy atom. The zero-order chi connectivity index (χ0) is 18.8. The molecule has 1 atom stereocenters. The minimum absolute atomic E-state index is 0.00227. The Hall–Kier alpha value is -2.94. The van der Waals surface area contributed by atoms with Gasteiger partial charge in [0.15, 0.2) is 0 Å². The standard InChI is InChI=1S/C17H18ClN7O2/c1-24-16(19-10-20-24)22-17(26)25-8-2-3-12(9-25)15-21-14(23-27-15)11-4-6-13(18)7-5-11/h4-7,10,12H,2-3,8-9H2,1H3,(H,19,20,22,26). The number of carbonyl (C=O) groups is 1. The molecule has 2 amide bonds. The quantitative estimate of drug-likeness (QED) is 0.741. The second kappa shape index (κ2) is 7.36. The first-order chi connectivity index (χ1) is 13.1. The van der Waals surface area contributed by atoms with Gasteiger partial charge in [-0.3, -0.25) is 5.32 Å². The Bertz CT molecular complexity index is 937. The minimum atomic E-state index is -0.215. The number of amides is 2. The highest BCUT2D eigenvalue weighted by atomic mass is 35.5. The van der Waals surface area contributed by atoms with Crippen molar-refractivity contribution in [3.8, 4) is 11.4 Å². The lowest BCUT2D eigenvalue weighted by molar-refractivity contribution is 0.184. The van der Waals surface area contributed by atoms with Crippen molar-refractivity contribution in [3.63, 3.8) is 0 Å². The van der Waals surface area contributed by atoms with Crippen LogP contribution in [-0.4, -0.2) is 48.9 Å². The van der Waals surface area contributed by atoms with Crippen molar-refractivity contribution in [1.82, 2.24) is 29.8 Å². The third-order valence-electron chi connectivity index (χ3n) is 4.53. The van der Waals surface area contributed by atoms with Crippen LogP contribution in [0.4, 0.5) is 10.7 Å². The summed E-state index contributed by atoms with van der Waals surface area (Å²) in [6.45, 7) is 1.17. The topological polar surface area (TPSA) is 102 Å². The van der Waals surface area contributed by atoms with E-state index in [1.54, 1.807) is 24.1 Å². The lowest BCUT2D eigenvalue weighted by Gasteiger charge is -2.30. The lowest BCUT2D eigenvalue weighted by Crippen LogP contribution is -2.42. The molecule has 2 aromatic heterocycles. The van der Waals surface area contributed by atoms with Crippen molar-refractivity contribution in [1.29, 1.82) is 0 Å². The summed E-state index contributed by atoms with van der Waals surface area (Å²) in [6.07, 6.45) is 3.14. The zero-order valence-corrected chi connectivity index (χ0v) is 15.4. The number of likely N-dealkylation sites (tertiary alicyclic amines) is 1. The van der Waals surface area contributed by atoms with E-state index in [0.717, 1.165) is 18.4 Å². The summed E-state index contributed by atoms with van der Waals surface area (Å²) in [7, 11) is 1.72. The monoisotopic (exact) mass is 387 g/mol. The molecule has 1 aromatic carbocycles. The molecule has 3 heterocycles. The first-order valence-electron chi connectivity index (χ1n) is 8.59. The average molecular weight is 388 g/mol. The number of hydrogen-bond acceptors (Lipinski definition) is 6. The fourth-order valence-corrected chi connectivity index (χ4v) is 3.19. The molecule has 1 aliphatic rings. The van der Waals surface area contributed by atoms with E-state index in [1.807, 2.05) is 12.1 Å². The number of halogens is 1. The van der Waals surface area contributed by atoms with E-state index in [1.165, 1.54) is 11.0 Å². The third-order valence-corrected chi connectivity index (χ3v) is 4.78. The maximum atomic E-state index is 12.5. The van der Waals surface area contributed by atoms with Crippen LogP contribution in [0.1, 0.15) is 24.7 Å². The molecule has 0 saturated carbocycles. The SMILES string of the molecule is Cn1ncnc1NC(=O)N1CCCC(c2nc(-c3ccc(Cl)cc3)no2)C1. The van der Waals surface area contributed by atoms with E-state index in [0.29, 0.717) is 35.8 Å². The summed E-state index contributed by atoms with van der Waals surface area (Å²) in [5.74, 6) is 1.46. The molecule has 140 valence electrons. The molecular weight excluding hydrogens is 370 g/mol. The number of aromatic nitrogens is 5. The first-order valence-corrected chi connectivity index (χ1v) is 8.97. The Labute approximate surface area is 160 Å². The van der Waals surface area contributed by atoms with Gasteiger partial charge in [-0.15, -0.1) is 0 Å². The summed E-state index contributed by atoms with van der Waals surface area (Å²) in [5.41, 5.74) is 0.835. The maximum Gasteiger partial charge on any atom is 0.324 e. The van der Waals surface area contributed by atoms with Crippen molar-refractivity contribution in [2.24, 2.45) is 7.05 Å². The van der Waals surface area contributed by atoms with Crippen LogP contribution in [0.2, 0.25) is 5.02 Å². The fourth-order valence-electron chi connectivity index (χ4n) is 3.06. The predicted octanol–water partition coefficient (Wildman–Crippen LogP) is 2.93. The van der Waals surface area contributed by atoms with Crippen LogP contribution >= 0.6 is 11.6 Å². The van der Waals surface area contributed by atoms with Gasteiger partial charge in [0.2, 0.25) is 17.7 Å². The molecule has 1 N–H and O–H groups in total. The van der Waals surface area contributed by atoms with E-state index in [-0.39, 0.29) is 11.9 Å². The molecule has 27 heavy (non-hydrogen) atoms. The van der Waals surface area contributed by atoms with Crippen molar-refractivity contribution in [3.05, 3.63) is 41.5 Å². The van der Waals surface area contributed by atoms with E-state index >= 15 is 0 Å². The minimum Gasteiger partial charge on any atom is -0.339 e. The van der Waals surface area contributed by atoms with Crippen LogP contribution in [-0.2, 0) is 7.05 Å². The molecule has 1 fully saturated rings. The van der Waals surface area contributed by atoms with E-state index in [4.69, 9.17) is 16.1 Å². The van der Waals surface area contributed by atoms with Gasteiger partial charge in [0.05, 0.1) is 5.92 Å². The van der Waals surface area contributed by atoms with Gasteiger partial charge >= 0.3 is 6.03 Å². The Balaban J connectivity index is 1.44. The van der Waals surface area contributed by atoms with Gasteiger partial charge in [0.1, 0.15) is 6.33 Å². The predicted molar refractivity (Wildman–Crippen MR) is 98.3 cm³/mol. The second-order valence-electron chi connectivity index (χ2n) is 6.39. The number of anilines is 1. The average Bonchev–Trinajstić information content (AvgIpc) is 3.32. The number of hydrogen-bond donors (Lipinski definition) is 1. The first kappa shape index (κ1) is 17.5. The van der Waals surface area contributed by atoms with Gasteiger partial charge < -0.3 is 9.42 Å². The fraction of sp³-hybridized carbons (Fsp3) is 0.353. The van der Waals surface area contributed by atoms with Crippen molar-refractivity contribution < 1.29 is 9.32 Å². The molecule has 0 radical (unpaired) electrons. The van der Waals surface area contributed by atoms with Gasteiger partial charge in [0, 0.05) is 30.7 Å². The Kier molecular flexibility index (Phi) is 4.76. The number of nitrogens with zero attached hydrogens (tertiary/aromatic N) is 6. The van der Waals surface area contributed by atoms with E-state index in [2.05, 4.69) is 25.5 Å². The summed E-state index contributed by atoms with van der Waals surface area (Å²) in [5, 5.41) is 11.4. The summed E-state index contributed by atoms with van der Waals surface area (Å²) in [4.78, 5) is 22.8. The van der Waals surface area contributed by atoms with Crippen LogP contribution in [0.5, 0.6) is 0 Å². The number of aryl methyl sites for hydroxylation is 1. The molecule has 0 aliphatic carbocycles. The molecule has 0 bridgehead atoms. The van der Waals surface area contributed by atoms with E-state index in [9.17, 15) is 4.79 Å². The van der Waals surface area contributed by atoms with Crippen molar-refractivity contribution >= 4 is 23.6 Å². The molecule has 1 unspecified atom stereocenters. The lowest BCUT2D eigenvalue weighted by atomic mass is 9.98. The molecule has 1 saturated heterocycles. The van der Waals surface area contributed by atoms with Crippen LogP contribution in [0.25, 0.3) is 11.4 Å². The van der Waals surface area contributed by atoms with Crippen LogP contribution in [0, 0.1) is 0 Å². The normalized spacial score (nSPS) is 17.1. The van der Waals surface area contributed by atoms with Gasteiger partial charge in [0.25, 0.3) is 0 Å². The van der Waals surface area contributed by atoms with Gasteiger partial charge in [-0.25, -0.2) is 9.48 Å². The van der Waals surface area contributed by atoms with Crippen LogP contribution in [0.15, 0.2) is 35.1 Å². The molecule has 1 aliphatic heterocycles. The smallest absolute Gasteiger partial charge is 0.324 e. The number of carbonyl (C=O) groups excluding carboxylic acids is 1. The molecular formula is C17H18ClN7O2. The van der Waals surface area contributed by atoms with Gasteiger partial charge in [-0.1, -0.05) is 16.8 Å². The van der Waals surface area contributed by atoms with E-state index < -0.39 is 0 Å². The van der Waals surface area contributed by atoms with Gasteiger partial charge in [-0.05, 0) is 37.1 Å². The molecule has 0 spiro atoms. The zero-order valence-electron chi connectivity index (χ0n) is 14.7. The third kappa shape index (κ3) is 3.77. The summed E-state index contributed by atoms with van der Waals surface area (Å²) >= 11 is 5.91. The molecule has 4 rings (SSSR count). The number of piperidine rings is 1. The second-order valence-corrected chi connectivity index (χ2v) is 6.82. The molecule has 9 nitrogen and oxygen atoms in total. The van der Waals surface area contributed by atoms with Gasteiger partial charge in [-0.2, -0.15) is 15.1 Å². The van der Waals surface area contributed by atoms with Crippen molar-refractivity contribution in [2.75, 3.05) is 18.4 Å². The highest BCUT2D eigenvalue weighted by molar-refractivity contribution is 6.30. The van der Waals surface area contributed by atoms with Crippen LogP contribution in [0.3, 0.4) is 0 Å². The maximum absolute atomic E-state index is 12.5. The number of benzene rings is 1. The Morgan fingerprint density at radius 2 is 2.15 bits per heavy atom. The number of rotatable bonds is 3. The highest BCUT2D eigenvalue weighted by Crippen LogP contribution is 2.28. The van der Waals surface area contributed by atoms with Crippen molar-refractivity contribution in [2.45, 2.75) is 18.8 Å². The number of nitrogens with one attached hydrogen (secondary N) is 1. The Morgan fingerprint density at radius 1 is 1.33 bits per heavy atom. The largest absolute Gasteiger partial charge is 0.339 e.